The van der Waals surface area contributed by atoms with E-state index in [1.165, 1.54) is 37.4 Å². The molecule has 2 heterocycles. The molecule has 1 amide bonds. The highest BCUT2D eigenvalue weighted by Gasteiger charge is 2.22. The van der Waals surface area contributed by atoms with Crippen LogP contribution in [0.25, 0.3) is 5.82 Å². The summed E-state index contributed by atoms with van der Waals surface area (Å²) in [7, 11) is -3.86. The first-order valence-electron chi connectivity index (χ1n) is 8.74. The van der Waals surface area contributed by atoms with Crippen molar-refractivity contribution in [2.75, 3.05) is 5.32 Å². The van der Waals surface area contributed by atoms with Gasteiger partial charge in [-0.25, -0.2) is 18.1 Å². The van der Waals surface area contributed by atoms with Crippen LogP contribution in [0.15, 0.2) is 53.6 Å². The van der Waals surface area contributed by atoms with E-state index in [-0.39, 0.29) is 4.90 Å². The quantitative estimate of drug-likeness (QED) is 0.621. The predicted molar refractivity (Wildman–Crippen MR) is 111 cm³/mol. The third kappa shape index (κ3) is 5.00. The minimum absolute atomic E-state index is 0.0254. The number of halogens is 1. The van der Waals surface area contributed by atoms with Crippen molar-refractivity contribution in [2.24, 2.45) is 0 Å². The summed E-state index contributed by atoms with van der Waals surface area (Å²) in [6, 6.07) is 10.0. The molecule has 152 valence electrons. The summed E-state index contributed by atoms with van der Waals surface area (Å²) < 4.78 is 28.8. The zero-order chi connectivity index (χ0) is 21.2. The van der Waals surface area contributed by atoms with E-state index in [2.05, 4.69) is 20.1 Å². The van der Waals surface area contributed by atoms with E-state index < -0.39 is 22.0 Å². The topological polar surface area (TPSA) is 106 Å². The average molecular weight is 434 g/mol. The molecular formula is C19H20ClN5O3S. The van der Waals surface area contributed by atoms with Gasteiger partial charge >= 0.3 is 0 Å². The number of benzene rings is 1. The summed E-state index contributed by atoms with van der Waals surface area (Å²) in [5, 5.41) is 7.42. The molecule has 0 spiro atoms. The SMILES string of the molecule is Cc1cc(C)n(-c2ccc(NC(=O)[C@H](C)NS(=O)(=O)c3ccc(Cl)cc3)cn2)n1. The number of sulfonamides is 1. The number of nitrogens with zero attached hydrogens (tertiary/aromatic N) is 3. The lowest BCUT2D eigenvalue weighted by atomic mass is 10.3. The van der Waals surface area contributed by atoms with Crippen molar-refractivity contribution in [3.05, 3.63) is 65.1 Å². The number of rotatable bonds is 6. The van der Waals surface area contributed by atoms with Crippen LogP contribution in [0.5, 0.6) is 0 Å². The van der Waals surface area contributed by atoms with Gasteiger partial charge < -0.3 is 5.32 Å². The molecule has 0 aliphatic rings. The number of hydrogen-bond donors (Lipinski definition) is 2. The number of anilines is 1. The first-order chi connectivity index (χ1) is 13.7. The molecule has 8 nitrogen and oxygen atoms in total. The zero-order valence-corrected chi connectivity index (χ0v) is 17.6. The second-order valence-corrected chi connectivity index (χ2v) is 8.68. The highest BCUT2D eigenvalue weighted by atomic mass is 35.5. The number of pyridine rings is 1. The Kier molecular flexibility index (Phi) is 6.02. The molecule has 0 saturated carbocycles. The molecule has 3 aromatic rings. The summed E-state index contributed by atoms with van der Waals surface area (Å²) in [6.07, 6.45) is 1.49. The molecule has 0 aliphatic carbocycles. The molecule has 0 unspecified atom stereocenters. The second kappa shape index (κ2) is 8.32. The lowest BCUT2D eigenvalue weighted by molar-refractivity contribution is -0.117. The Hall–Kier alpha value is -2.75. The van der Waals surface area contributed by atoms with E-state index in [9.17, 15) is 13.2 Å². The van der Waals surface area contributed by atoms with Crippen molar-refractivity contribution >= 4 is 33.2 Å². The Balaban J connectivity index is 1.66. The third-order valence-corrected chi connectivity index (χ3v) is 5.90. The minimum Gasteiger partial charge on any atom is -0.323 e. The number of aromatic nitrogens is 3. The van der Waals surface area contributed by atoms with Crippen molar-refractivity contribution < 1.29 is 13.2 Å². The summed E-state index contributed by atoms with van der Waals surface area (Å²) in [4.78, 5) is 16.7. The minimum atomic E-state index is -3.86. The van der Waals surface area contributed by atoms with Gasteiger partial charge in [-0.1, -0.05) is 11.6 Å². The molecule has 2 aromatic heterocycles. The lowest BCUT2D eigenvalue weighted by Gasteiger charge is -2.14. The van der Waals surface area contributed by atoms with Gasteiger partial charge in [-0.3, -0.25) is 4.79 Å². The van der Waals surface area contributed by atoms with Crippen LogP contribution in [0.4, 0.5) is 5.69 Å². The van der Waals surface area contributed by atoms with Gasteiger partial charge in [0.15, 0.2) is 5.82 Å². The normalized spacial score (nSPS) is 12.6. The Morgan fingerprint density at radius 3 is 2.38 bits per heavy atom. The molecule has 0 bridgehead atoms. The van der Waals surface area contributed by atoms with E-state index in [0.717, 1.165) is 11.4 Å². The molecule has 0 aliphatic heterocycles. The van der Waals surface area contributed by atoms with E-state index in [4.69, 9.17) is 11.6 Å². The van der Waals surface area contributed by atoms with Crippen molar-refractivity contribution in [1.29, 1.82) is 0 Å². The van der Waals surface area contributed by atoms with Crippen molar-refractivity contribution in [1.82, 2.24) is 19.5 Å². The highest BCUT2D eigenvalue weighted by Crippen LogP contribution is 2.15. The van der Waals surface area contributed by atoms with Gasteiger partial charge in [0.05, 0.1) is 28.5 Å². The van der Waals surface area contributed by atoms with Gasteiger partial charge in [-0.2, -0.15) is 9.82 Å². The van der Waals surface area contributed by atoms with Crippen molar-refractivity contribution in [2.45, 2.75) is 31.7 Å². The van der Waals surface area contributed by atoms with Gasteiger partial charge in [0.25, 0.3) is 0 Å². The number of carbonyl (C=O) groups is 1. The van der Waals surface area contributed by atoms with E-state index in [1.54, 1.807) is 16.8 Å². The van der Waals surface area contributed by atoms with Crippen LogP contribution < -0.4 is 10.0 Å². The fourth-order valence-electron chi connectivity index (χ4n) is 2.66. The van der Waals surface area contributed by atoms with Crippen LogP contribution >= 0.6 is 11.6 Å². The Labute approximate surface area is 174 Å². The third-order valence-electron chi connectivity index (χ3n) is 4.09. The van der Waals surface area contributed by atoms with Crippen LogP contribution in [0, 0.1) is 13.8 Å². The molecule has 0 saturated heterocycles. The number of carbonyl (C=O) groups excluding carboxylic acids is 1. The molecular weight excluding hydrogens is 414 g/mol. The average Bonchev–Trinajstić information content (AvgIpc) is 3.00. The molecule has 2 N–H and O–H groups in total. The van der Waals surface area contributed by atoms with Crippen molar-refractivity contribution in [3.8, 4) is 5.82 Å². The van der Waals surface area contributed by atoms with Gasteiger partial charge in [0, 0.05) is 10.7 Å². The smallest absolute Gasteiger partial charge is 0.242 e. The Bertz CT molecular complexity index is 1130. The van der Waals surface area contributed by atoms with Crippen LogP contribution in [0.1, 0.15) is 18.3 Å². The largest absolute Gasteiger partial charge is 0.323 e. The second-order valence-electron chi connectivity index (χ2n) is 6.53. The molecule has 3 rings (SSSR count). The molecule has 1 aromatic carbocycles. The monoisotopic (exact) mass is 433 g/mol. The zero-order valence-electron chi connectivity index (χ0n) is 16.0. The molecule has 10 heteroatoms. The Morgan fingerprint density at radius 2 is 1.83 bits per heavy atom. The molecule has 0 radical (unpaired) electrons. The highest BCUT2D eigenvalue weighted by molar-refractivity contribution is 7.89. The standard InChI is InChI=1S/C19H20ClN5O3S/c1-12-10-13(2)25(23-12)18-9-6-16(11-21-18)22-19(26)14(3)24-29(27,28)17-7-4-15(20)5-8-17/h4-11,14,24H,1-3H3,(H,22,26)/t14-/m0/s1. The number of aryl methyl sites for hydroxylation is 2. The number of hydrogen-bond acceptors (Lipinski definition) is 5. The van der Waals surface area contributed by atoms with Gasteiger partial charge in [0.1, 0.15) is 0 Å². The summed E-state index contributed by atoms with van der Waals surface area (Å²) in [5.41, 5.74) is 2.26. The van der Waals surface area contributed by atoms with Crippen molar-refractivity contribution in [3.63, 3.8) is 0 Å². The first-order valence-corrected chi connectivity index (χ1v) is 10.6. The fourth-order valence-corrected chi connectivity index (χ4v) is 3.99. The molecule has 1 atom stereocenters. The number of amides is 1. The van der Waals surface area contributed by atoms with E-state index >= 15 is 0 Å². The van der Waals surface area contributed by atoms with Crippen LogP contribution in [0.2, 0.25) is 5.02 Å². The lowest BCUT2D eigenvalue weighted by Crippen LogP contribution is -2.41. The van der Waals surface area contributed by atoms with Crippen LogP contribution in [-0.4, -0.2) is 35.1 Å². The maximum atomic E-state index is 12.4. The predicted octanol–water partition coefficient (Wildman–Crippen LogP) is 2.84. The van der Waals surface area contributed by atoms with E-state index in [0.29, 0.717) is 16.5 Å². The fraction of sp³-hybridized carbons (Fsp3) is 0.211. The number of nitrogens with one attached hydrogen (secondary N) is 2. The van der Waals surface area contributed by atoms with Gasteiger partial charge in [0.2, 0.25) is 15.9 Å². The van der Waals surface area contributed by atoms with Crippen LogP contribution in [-0.2, 0) is 14.8 Å². The summed E-state index contributed by atoms with van der Waals surface area (Å²) in [6.45, 7) is 5.27. The van der Waals surface area contributed by atoms with Crippen LogP contribution in [0.3, 0.4) is 0 Å². The maximum absolute atomic E-state index is 12.4. The maximum Gasteiger partial charge on any atom is 0.242 e. The first kappa shape index (κ1) is 21.0. The molecule has 29 heavy (non-hydrogen) atoms. The summed E-state index contributed by atoms with van der Waals surface area (Å²) >= 11 is 5.78. The van der Waals surface area contributed by atoms with Gasteiger partial charge in [-0.05, 0) is 63.2 Å². The Morgan fingerprint density at radius 1 is 1.14 bits per heavy atom. The van der Waals surface area contributed by atoms with Gasteiger partial charge in [-0.15, -0.1) is 0 Å². The molecule has 0 fully saturated rings. The van der Waals surface area contributed by atoms with E-state index in [1.807, 2.05) is 19.9 Å². The summed E-state index contributed by atoms with van der Waals surface area (Å²) in [5.74, 6) is 0.105.